The normalized spacial score (nSPS) is 23.6. The van der Waals surface area contributed by atoms with E-state index in [1.165, 1.54) is 0 Å². The molecule has 1 unspecified atom stereocenters. The second-order valence-electron chi connectivity index (χ2n) is 3.31. The van der Waals surface area contributed by atoms with Crippen molar-refractivity contribution < 1.29 is 9.90 Å². The molecule has 0 bridgehead atoms. The predicted octanol–water partition coefficient (Wildman–Crippen LogP) is 1.24. The van der Waals surface area contributed by atoms with Crippen LogP contribution in [0.5, 0.6) is 0 Å². The predicted molar refractivity (Wildman–Crippen MR) is 63.3 cm³/mol. The molecule has 82 valence electrons. The van der Waals surface area contributed by atoms with Gasteiger partial charge in [-0.1, -0.05) is 0 Å². The molecule has 14 heavy (non-hydrogen) atoms. The van der Waals surface area contributed by atoms with Gasteiger partial charge < -0.3 is 5.11 Å². The number of hydrogen-bond acceptors (Lipinski definition) is 4. The van der Waals surface area contributed by atoms with Crippen LogP contribution in [0.3, 0.4) is 0 Å². The van der Waals surface area contributed by atoms with Gasteiger partial charge >= 0.3 is 5.97 Å². The Morgan fingerprint density at radius 3 is 3.14 bits per heavy atom. The maximum absolute atomic E-state index is 10.9. The Kier molecular flexibility index (Phi) is 5.74. The lowest BCUT2D eigenvalue weighted by Gasteiger charge is -2.32. The minimum absolute atomic E-state index is 0.254. The summed E-state index contributed by atoms with van der Waals surface area (Å²) in [6.07, 6.45) is 3.18. The summed E-state index contributed by atoms with van der Waals surface area (Å²) in [5.74, 6) is 2.27. The Morgan fingerprint density at radius 1 is 1.71 bits per heavy atom. The molecule has 0 aromatic rings. The topological polar surface area (TPSA) is 40.5 Å². The van der Waals surface area contributed by atoms with Gasteiger partial charge in [0.05, 0.1) is 0 Å². The summed E-state index contributed by atoms with van der Waals surface area (Å²) >= 11 is 3.57. The first-order chi connectivity index (χ1) is 6.75. The van der Waals surface area contributed by atoms with E-state index in [2.05, 4.69) is 11.2 Å². The van der Waals surface area contributed by atoms with Crippen LogP contribution in [0.25, 0.3) is 0 Å². The van der Waals surface area contributed by atoms with Crippen molar-refractivity contribution in [1.29, 1.82) is 0 Å². The minimum atomic E-state index is -0.665. The molecule has 3 nitrogen and oxygen atoms in total. The van der Waals surface area contributed by atoms with Crippen LogP contribution in [-0.4, -0.2) is 58.6 Å². The third kappa shape index (κ3) is 3.71. The molecule has 1 fully saturated rings. The molecule has 1 aliphatic rings. The highest BCUT2D eigenvalue weighted by atomic mass is 32.2. The summed E-state index contributed by atoms with van der Waals surface area (Å²) in [5.41, 5.74) is 0. The van der Waals surface area contributed by atoms with E-state index in [0.717, 1.165) is 36.8 Å². The first kappa shape index (κ1) is 12.2. The molecule has 1 aliphatic heterocycles. The maximum atomic E-state index is 10.9. The van der Waals surface area contributed by atoms with E-state index in [9.17, 15) is 4.79 Å². The third-order valence-corrected chi connectivity index (χ3v) is 4.04. The van der Waals surface area contributed by atoms with Gasteiger partial charge in [0.15, 0.2) is 0 Å². The van der Waals surface area contributed by atoms with E-state index in [1.807, 2.05) is 11.8 Å². The Labute approximate surface area is 93.6 Å². The van der Waals surface area contributed by atoms with Gasteiger partial charge in [-0.05, 0) is 25.0 Å². The molecule has 0 aliphatic carbocycles. The number of nitrogens with zero attached hydrogens (tertiary/aromatic N) is 1. The van der Waals surface area contributed by atoms with Gasteiger partial charge in [0.25, 0.3) is 0 Å². The summed E-state index contributed by atoms with van der Waals surface area (Å²) in [4.78, 5) is 13.0. The highest BCUT2D eigenvalue weighted by Gasteiger charge is 2.27. The quantitative estimate of drug-likeness (QED) is 0.726. The molecule has 0 spiro atoms. The summed E-state index contributed by atoms with van der Waals surface area (Å²) in [6, 6.07) is -0.254. The molecule has 1 N–H and O–H groups in total. The second-order valence-corrected chi connectivity index (χ2v) is 5.45. The summed E-state index contributed by atoms with van der Waals surface area (Å²) in [5, 5.41) is 9.00. The molecule has 1 rings (SSSR count). The first-order valence-corrected chi connectivity index (χ1v) is 7.34. The smallest absolute Gasteiger partial charge is 0.321 e. The Bertz CT molecular complexity index is 190. The SMILES string of the molecule is CSCCCN1CCSCC1C(=O)O. The lowest BCUT2D eigenvalue weighted by molar-refractivity contribution is -0.142. The van der Waals surface area contributed by atoms with Crippen molar-refractivity contribution in [2.75, 3.05) is 36.6 Å². The summed E-state index contributed by atoms with van der Waals surface area (Å²) in [7, 11) is 0. The van der Waals surface area contributed by atoms with Crippen molar-refractivity contribution in [1.82, 2.24) is 4.90 Å². The largest absolute Gasteiger partial charge is 0.480 e. The number of carbonyl (C=O) groups is 1. The first-order valence-electron chi connectivity index (χ1n) is 4.79. The monoisotopic (exact) mass is 235 g/mol. The van der Waals surface area contributed by atoms with E-state index in [4.69, 9.17) is 5.11 Å². The average molecular weight is 235 g/mol. The zero-order chi connectivity index (χ0) is 10.4. The van der Waals surface area contributed by atoms with Crippen molar-refractivity contribution >= 4 is 29.5 Å². The maximum Gasteiger partial charge on any atom is 0.321 e. The number of carboxylic acids is 1. The van der Waals surface area contributed by atoms with Crippen LogP contribution in [0.2, 0.25) is 0 Å². The van der Waals surface area contributed by atoms with Gasteiger partial charge in [0.1, 0.15) is 6.04 Å². The fourth-order valence-corrected chi connectivity index (χ4v) is 3.07. The molecule has 0 amide bonds. The van der Waals surface area contributed by atoms with Gasteiger partial charge in [-0.15, -0.1) is 0 Å². The molecule has 1 saturated heterocycles. The lowest BCUT2D eigenvalue weighted by atomic mass is 10.2. The molecule has 5 heteroatoms. The molecule has 1 heterocycles. The highest BCUT2D eigenvalue weighted by Crippen LogP contribution is 2.17. The van der Waals surface area contributed by atoms with Gasteiger partial charge in [0, 0.05) is 18.1 Å². The zero-order valence-corrected chi connectivity index (χ0v) is 10.1. The second kappa shape index (κ2) is 6.58. The zero-order valence-electron chi connectivity index (χ0n) is 8.44. The molecule has 0 radical (unpaired) electrons. The standard InChI is InChI=1S/C9H17NO2S2/c1-13-5-2-3-10-4-6-14-7-8(10)9(11)12/h8H,2-7H2,1H3,(H,11,12). The van der Waals surface area contributed by atoms with Crippen molar-refractivity contribution in [2.45, 2.75) is 12.5 Å². The van der Waals surface area contributed by atoms with Crippen LogP contribution >= 0.6 is 23.5 Å². The van der Waals surface area contributed by atoms with Crippen molar-refractivity contribution in [3.05, 3.63) is 0 Å². The van der Waals surface area contributed by atoms with Crippen LogP contribution in [0.15, 0.2) is 0 Å². The minimum Gasteiger partial charge on any atom is -0.480 e. The van der Waals surface area contributed by atoms with Crippen LogP contribution < -0.4 is 0 Å². The van der Waals surface area contributed by atoms with E-state index in [1.54, 1.807) is 11.8 Å². The number of rotatable bonds is 5. The molecular weight excluding hydrogens is 218 g/mol. The van der Waals surface area contributed by atoms with Crippen LogP contribution in [0.1, 0.15) is 6.42 Å². The Morgan fingerprint density at radius 2 is 2.50 bits per heavy atom. The van der Waals surface area contributed by atoms with Crippen molar-refractivity contribution in [2.24, 2.45) is 0 Å². The molecule has 0 aromatic carbocycles. The van der Waals surface area contributed by atoms with Crippen LogP contribution in [0.4, 0.5) is 0 Å². The molecular formula is C9H17NO2S2. The number of aliphatic carboxylic acids is 1. The van der Waals surface area contributed by atoms with Gasteiger partial charge in [-0.25, -0.2) is 0 Å². The number of thioether (sulfide) groups is 2. The van der Waals surface area contributed by atoms with Crippen LogP contribution in [0, 0.1) is 0 Å². The van der Waals surface area contributed by atoms with Gasteiger partial charge in [0.2, 0.25) is 0 Å². The fraction of sp³-hybridized carbons (Fsp3) is 0.889. The summed E-state index contributed by atoms with van der Waals surface area (Å²) < 4.78 is 0. The number of hydrogen-bond donors (Lipinski definition) is 1. The van der Waals surface area contributed by atoms with E-state index in [-0.39, 0.29) is 6.04 Å². The Balaban J connectivity index is 2.34. The lowest BCUT2D eigenvalue weighted by Crippen LogP contribution is -2.47. The Hall–Kier alpha value is 0.130. The highest BCUT2D eigenvalue weighted by molar-refractivity contribution is 7.99. The van der Waals surface area contributed by atoms with Crippen LogP contribution in [-0.2, 0) is 4.79 Å². The van der Waals surface area contributed by atoms with E-state index < -0.39 is 5.97 Å². The van der Waals surface area contributed by atoms with Crippen molar-refractivity contribution in [3.63, 3.8) is 0 Å². The van der Waals surface area contributed by atoms with Crippen molar-refractivity contribution in [3.8, 4) is 0 Å². The molecule has 0 saturated carbocycles. The summed E-state index contributed by atoms with van der Waals surface area (Å²) in [6.45, 7) is 1.86. The van der Waals surface area contributed by atoms with Gasteiger partial charge in [-0.2, -0.15) is 23.5 Å². The third-order valence-electron chi connectivity index (χ3n) is 2.32. The number of carboxylic acid groups (broad SMARTS) is 1. The fourth-order valence-electron chi connectivity index (χ4n) is 1.55. The molecule has 0 aromatic heterocycles. The average Bonchev–Trinajstić information content (AvgIpc) is 2.19. The van der Waals surface area contributed by atoms with E-state index >= 15 is 0 Å². The van der Waals surface area contributed by atoms with E-state index in [0.29, 0.717) is 0 Å². The van der Waals surface area contributed by atoms with Gasteiger partial charge in [-0.3, -0.25) is 9.69 Å². The molecule has 1 atom stereocenters.